The van der Waals surface area contributed by atoms with Crippen LogP contribution in [0.3, 0.4) is 0 Å². The van der Waals surface area contributed by atoms with E-state index in [0.29, 0.717) is 12.2 Å². The van der Waals surface area contributed by atoms with Gasteiger partial charge in [-0.15, -0.1) is 11.3 Å². The van der Waals surface area contributed by atoms with E-state index in [1.54, 1.807) is 0 Å². The van der Waals surface area contributed by atoms with Crippen LogP contribution in [0.25, 0.3) is 0 Å². The molecule has 2 heterocycles. The smallest absolute Gasteiger partial charge is 0.354 e. The van der Waals surface area contributed by atoms with Crippen LogP contribution in [0.1, 0.15) is 62.1 Å². The maximum absolute atomic E-state index is 13.0. The maximum atomic E-state index is 13.0. The first-order chi connectivity index (χ1) is 11.8. The number of nitrogens with zero attached hydrogens (tertiary/aromatic N) is 1. The standard InChI is InChI=1S/C19H26N2O3S/c1-7-11(2)21(18(22)16-9-8-12(3)25-16)10-15-13(4)17(19(23)24-6)20-14(15)5/h8-9,11,20H,7,10H2,1-6H3/t11-/m0/s1. The van der Waals surface area contributed by atoms with Gasteiger partial charge in [-0.1, -0.05) is 6.92 Å². The number of ether oxygens (including phenoxy) is 1. The van der Waals surface area contributed by atoms with E-state index >= 15 is 0 Å². The Balaban J connectivity index is 2.37. The quantitative estimate of drug-likeness (QED) is 0.782. The number of nitrogens with one attached hydrogen (secondary N) is 1. The molecule has 25 heavy (non-hydrogen) atoms. The second kappa shape index (κ2) is 7.87. The van der Waals surface area contributed by atoms with E-state index in [4.69, 9.17) is 4.74 Å². The third-order valence-corrected chi connectivity index (χ3v) is 5.63. The van der Waals surface area contributed by atoms with Crippen molar-refractivity contribution < 1.29 is 14.3 Å². The monoisotopic (exact) mass is 362 g/mol. The van der Waals surface area contributed by atoms with Crippen molar-refractivity contribution in [2.24, 2.45) is 0 Å². The average Bonchev–Trinajstić information content (AvgIpc) is 3.15. The zero-order valence-electron chi connectivity index (χ0n) is 15.7. The molecule has 6 heteroatoms. The molecule has 2 aromatic heterocycles. The van der Waals surface area contributed by atoms with Crippen LogP contribution >= 0.6 is 11.3 Å². The molecule has 1 atom stereocenters. The first-order valence-corrected chi connectivity index (χ1v) is 9.25. The summed E-state index contributed by atoms with van der Waals surface area (Å²) in [7, 11) is 1.37. The van der Waals surface area contributed by atoms with E-state index in [-0.39, 0.29) is 17.9 Å². The molecule has 0 aliphatic rings. The number of aromatic amines is 1. The van der Waals surface area contributed by atoms with Crippen LogP contribution in [0.15, 0.2) is 12.1 Å². The van der Waals surface area contributed by atoms with Gasteiger partial charge in [0.25, 0.3) is 5.91 Å². The summed E-state index contributed by atoms with van der Waals surface area (Å²) < 4.78 is 4.83. The topological polar surface area (TPSA) is 62.4 Å². The Kier molecular flexibility index (Phi) is 6.06. The van der Waals surface area contributed by atoms with Gasteiger partial charge in [0.15, 0.2) is 0 Å². The maximum Gasteiger partial charge on any atom is 0.354 e. The fourth-order valence-electron chi connectivity index (χ4n) is 2.84. The summed E-state index contributed by atoms with van der Waals surface area (Å²) in [6.07, 6.45) is 0.864. The SMILES string of the molecule is CC[C@H](C)N(Cc1c(C)[nH]c(C(=O)OC)c1C)C(=O)c1ccc(C)s1. The van der Waals surface area contributed by atoms with Crippen LogP contribution in [-0.2, 0) is 11.3 Å². The van der Waals surface area contributed by atoms with Gasteiger partial charge in [0, 0.05) is 23.2 Å². The molecule has 0 unspecified atom stereocenters. The van der Waals surface area contributed by atoms with Gasteiger partial charge in [0.2, 0.25) is 0 Å². The van der Waals surface area contributed by atoms with Crippen molar-refractivity contribution in [3.63, 3.8) is 0 Å². The molecule has 0 aliphatic carbocycles. The van der Waals surface area contributed by atoms with Crippen molar-refractivity contribution in [1.82, 2.24) is 9.88 Å². The van der Waals surface area contributed by atoms with Crippen LogP contribution in [0.4, 0.5) is 0 Å². The molecule has 0 radical (unpaired) electrons. The normalized spacial score (nSPS) is 12.1. The lowest BCUT2D eigenvalue weighted by Crippen LogP contribution is -2.37. The summed E-state index contributed by atoms with van der Waals surface area (Å²) >= 11 is 1.51. The number of aryl methyl sites for hydroxylation is 2. The Labute approximate surface area is 153 Å². The van der Waals surface area contributed by atoms with E-state index in [0.717, 1.165) is 33.0 Å². The number of rotatable bonds is 6. The Hall–Kier alpha value is -2.08. The average molecular weight is 362 g/mol. The van der Waals surface area contributed by atoms with Gasteiger partial charge in [-0.25, -0.2) is 4.79 Å². The lowest BCUT2D eigenvalue weighted by atomic mass is 10.1. The molecule has 0 saturated carbocycles. The Morgan fingerprint density at radius 1 is 1.28 bits per heavy atom. The third kappa shape index (κ3) is 3.95. The predicted molar refractivity (Wildman–Crippen MR) is 100 cm³/mol. The number of H-pyrrole nitrogens is 1. The van der Waals surface area contributed by atoms with Crippen LogP contribution in [-0.4, -0.2) is 34.9 Å². The van der Waals surface area contributed by atoms with Crippen molar-refractivity contribution in [3.05, 3.63) is 44.4 Å². The number of thiophene rings is 1. The molecule has 2 aromatic rings. The number of carbonyl (C=O) groups excluding carboxylic acids is 2. The van der Waals surface area contributed by atoms with Crippen molar-refractivity contribution in [2.75, 3.05) is 7.11 Å². The van der Waals surface area contributed by atoms with Crippen LogP contribution < -0.4 is 0 Å². The molecular weight excluding hydrogens is 336 g/mol. The molecule has 0 spiro atoms. The van der Waals surface area contributed by atoms with Crippen molar-refractivity contribution >= 4 is 23.2 Å². The molecule has 1 N–H and O–H groups in total. The summed E-state index contributed by atoms with van der Waals surface area (Å²) in [6.45, 7) is 10.4. The minimum Gasteiger partial charge on any atom is -0.464 e. The molecule has 0 aliphatic heterocycles. The third-order valence-electron chi connectivity index (χ3n) is 4.65. The molecule has 136 valence electrons. The highest BCUT2D eigenvalue weighted by Crippen LogP contribution is 2.25. The van der Waals surface area contributed by atoms with E-state index in [1.165, 1.54) is 18.4 Å². The van der Waals surface area contributed by atoms with Gasteiger partial charge in [-0.2, -0.15) is 0 Å². The molecule has 0 fully saturated rings. The molecular formula is C19H26N2O3S. The second-order valence-corrected chi connectivity index (χ2v) is 7.61. The second-order valence-electron chi connectivity index (χ2n) is 6.32. The minimum absolute atomic E-state index is 0.0343. The lowest BCUT2D eigenvalue weighted by molar-refractivity contribution is 0.0593. The zero-order chi connectivity index (χ0) is 18.7. The van der Waals surface area contributed by atoms with Crippen molar-refractivity contribution in [2.45, 2.75) is 53.6 Å². The number of methoxy groups -OCH3 is 1. The number of carbonyl (C=O) groups is 2. The summed E-state index contributed by atoms with van der Waals surface area (Å²) in [5, 5.41) is 0. The number of aromatic nitrogens is 1. The van der Waals surface area contributed by atoms with E-state index in [9.17, 15) is 9.59 Å². The largest absolute Gasteiger partial charge is 0.464 e. The molecule has 0 aromatic carbocycles. The Morgan fingerprint density at radius 3 is 2.48 bits per heavy atom. The number of esters is 1. The highest BCUT2D eigenvalue weighted by Gasteiger charge is 2.25. The van der Waals surface area contributed by atoms with Gasteiger partial charge in [-0.05, 0) is 57.4 Å². The zero-order valence-corrected chi connectivity index (χ0v) is 16.5. The van der Waals surface area contributed by atoms with Gasteiger partial charge < -0.3 is 14.6 Å². The van der Waals surface area contributed by atoms with Crippen molar-refractivity contribution in [1.29, 1.82) is 0 Å². The first kappa shape index (κ1) is 19.2. The highest BCUT2D eigenvalue weighted by atomic mass is 32.1. The van der Waals surface area contributed by atoms with E-state index in [1.807, 2.05) is 37.8 Å². The van der Waals surface area contributed by atoms with E-state index < -0.39 is 0 Å². The summed E-state index contributed by atoms with van der Waals surface area (Å²) in [5.41, 5.74) is 3.16. The number of amides is 1. The predicted octanol–water partition coefficient (Wildman–Crippen LogP) is 4.23. The Morgan fingerprint density at radius 2 is 1.96 bits per heavy atom. The van der Waals surface area contributed by atoms with E-state index in [2.05, 4.69) is 18.8 Å². The fraction of sp³-hybridized carbons (Fsp3) is 0.474. The van der Waals surface area contributed by atoms with Gasteiger partial charge in [0.05, 0.1) is 12.0 Å². The summed E-state index contributed by atoms with van der Waals surface area (Å²) in [5.74, 6) is -0.353. The van der Waals surface area contributed by atoms with Gasteiger partial charge >= 0.3 is 5.97 Å². The number of hydrogen-bond acceptors (Lipinski definition) is 4. The number of hydrogen-bond donors (Lipinski definition) is 1. The van der Waals surface area contributed by atoms with Gasteiger partial charge in [0.1, 0.15) is 5.69 Å². The highest BCUT2D eigenvalue weighted by molar-refractivity contribution is 7.13. The Bertz CT molecular complexity index is 776. The van der Waals surface area contributed by atoms with Crippen LogP contribution in [0.5, 0.6) is 0 Å². The summed E-state index contributed by atoms with van der Waals surface area (Å²) in [4.78, 5) is 31.8. The minimum atomic E-state index is -0.387. The molecule has 0 bridgehead atoms. The molecule has 1 amide bonds. The molecule has 0 saturated heterocycles. The first-order valence-electron chi connectivity index (χ1n) is 8.43. The van der Waals surface area contributed by atoms with Crippen molar-refractivity contribution in [3.8, 4) is 0 Å². The fourth-order valence-corrected chi connectivity index (χ4v) is 3.67. The van der Waals surface area contributed by atoms with Gasteiger partial charge in [-0.3, -0.25) is 4.79 Å². The molecule has 2 rings (SSSR count). The summed E-state index contributed by atoms with van der Waals surface area (Å²) in [6, 6.07) is 3.95. The van der Waals surface area contributed by atoms with Crippen LogP contribution in [0.2, 0.25) is 0 Å². The lowest BCUT2D eigenvalue weighted by Gasteiger charge is -2.28. The van der Waals surface area contributed by atoms with Crippen LogP contribution in [0, 0.1) is 20.8 Å². The molecule has 5 nitrogen and oxygen atoms in total.